The molecule has 106 valence electrons. The molecule has 9 heteroatoms. The molecule has 0 fully saturated rings. The molecule has 0 aliphatic rings. The maximum absolute atomic E-state index is 12.1. The number of rotatable bonds is 4. The van der Waals surface area contributed by atoms with Crippen LogP contribution in [0, 0.1) is 0 Å². The van der Waals surface area contributed by atoms with Crippen molar-refractivity contribution in [2.75, 3.05) is 6.61 Å². The molecule has 3 N–H and O–H groups in total. The third-order valence-electron chi connectivity index (χ3n) is 2.01. The zero-order valence-electron chi connectivity index (χ0n) is 9.84. The lowest BCUT2D eigenvalue weighted by atomic mass is 10.2. The third kappa shape index (κ3) is 3.98. The van der Waals surface area contributed by atoms with Crippen LogP contribution in [0.15, 0.2) is 10.9 Å². The van der Waals surface area contributed by atoms with E-state index in [4.69, 9.17) is 5.73 Å². The SMILES string of the molecule is CCOC(=O)c1cc(OC(F)(F)F)c(=O)[nH]c1CN. The number of carbonyl (C=O) groups is 1. The van der Waals surface area contributed by atoms with E-state index in [2.05, 4.69) is 9.47 Å². The fourth-order valence-electron chi connectivity index (χ4n) is 1.30. The van der Waals surface area contributed by atoms with Crippen LogP contribution >= 0.6 is 0 Å². The third-order valence-corrected chi connectivity index (χ3v) is 2.01. The zero-order chi connectivity index (χ0) is 14.6. The Morgan fingerprint density at radius 3 is 2.58 bits per heavy atom. The molecule has 0 aliphatic carbocycles. The Kier molecular flexibility index (Phi) is 4.54. The van der Waals surface area contributed by atoms with Crippen LogP contribution in [-0.4, -0.2) is 23.9 Å². The molecule has 1 aromatic rings. The molecule has 1 rings (SSSR count). The summed E-state index contributed by atoms with van der Waals surface area (Å²) in [5, 5.41) is 0. The Morgan fingerprint density at radius 1 is 1.47 bits per heavy atom. The number of alkyl halides is 3. The minimum Gasteiger partial charge on any atom is -0.462 e. The first-order chi connectivity index (χ1) is 8.78. The summed E-state index contributed by atoms with van der Waals surface area (Å²) in [4.78, 5) is 24.9. The molecule has 0 radical (unpaired) electrons. The van der Waals surface area contributed by atoms with Crippen LogP contribution in [0.4, 0.5) is 13.2 Å². The molecular formula is C10H11F3N2O4. The molecule has 0 amide bonds. The molecule has 0 atom stereocenters. The summed E-state index contributed by atoms with van der Waals surface area (Å²) in [5.41, 5.74) is 3.85. The normalized spacial score (nSPS) is 11.2. The van der Waals surface area contributed by atoms with E-state index in [1.54, 1.807) is 0 Å². The van der Waals surface area contributed by atoms with Crippen molar-refractivity contribution in [2.24, 2.45) is 5.73 Å². The van der Waals surface area contributed by atoms with Crippen LogP contribution in [0.5, 0.6) is 5.75 Å². The molecule has 0 aliphatic heterocycles. The van der Waals surface area contributed by atoms with Gasteiger partial charge in [0.05, 0.1) is 12.2 Å². The minimum absolute atomic E-state index is 0.0252. The first-order valence-corrected chi connectivity index (χ1v) is 5.17. The number of hydrogen-bond donors (Lipinski definition) is 2. The van der Waals surface area contributed by atoms with Crippen LogP contribution < -0.4 is 16.0 Å². The molecule has 6 nitrogen and oxygen atoms in total. The summed E-state index contributed by atoms with van der Waals surface area (Å²) in [6.07, 6.45) is -5.04. The largest absolute Gasteiger partial charge is 0.573 e. The highest BCUT2D eigenvalue weighted by Crippen LogP contribution is 2.21. The van der Waals surface area contributed by atoms with Crippen molar-refractivity contribution in [3.8, 4) is 5.75 Å². The predicted molar refractivity (Wildman–Crippen MR) is 57.6 cm³/mol. The molecule has 19 heavy (non-hydrogen) atoms. The van der Waals surface area contributed by atoms with Gasteiger partial charge in [0.2, 0.25) is 0 Å². The number of hydrogen-bond acceptors (Lipinski definition) is 5. The van der Waals surface area contributed by atoms with E-state index in [1.165, 1.54) is 6.92 Å². The van der Waals surface area contributed by atoms with E-state index in [0.29, 0.717) is 6.07 Å². The van der Waals surface area contributed by atoms with Gasteiger partial charge in [-0.05, 0) is 6.92 Å². The summed E-state index contributed by atoms with van der Waals surface area (Å²) in [5.74, 6) is -1.95. The maximum Gasteiger partial charge on any atom is 0.573 e. The number of pyridine rings is 1. The number of nitrogens with two attached hydrogens (primary N) is 1. The fraction of sp³-hybridized carbons (Fsp3) is 0.400. The second kappa shape index (κ2) is 5.74. The molecule has 1 heterocycles. The lowest BCUT2D eigenvalue weighted by molar-refractivity contribution is -0.275. The average molecular weight is 280 g/mol. The lowest BCUT2D eigenvalue weighted by Gasteiger charge is -2.11. The molecule has 0 spiro atoms. The number of esters is 1. The van der Waals surface area contributed by atoms with Gasteiger partial charge in [0.1, 0.15) is 0 Å². The van der Waals surface area contributed by atoms with Crippen molar-refractivity contribution in [1.29, 1.82) is 0 Å². The highest BCUT2D eigenvalue weighted by molar-refractivity contribution is 5.91. The summed E-state index contributed by atoms with van der Waals surface area (Å²) in [6, 6.07) is 0.659. The van der Waals surface area contributed by atoms with Crippen LogP contribution in [-0.2, 0) is 11.3 Å². The second-order valence-electron chi connectivity index (χ2n) is 3.33. The van der Waals surface area contributed by atoms with Gasteiger partial charge < -0.3 is 20.2 Å². The van der Waals surface area contributed by atoms with Crippen molar-refractivity contribution in [3.05, 3.63) is 27.7 Å². The molecule has 0 aromatic carbocycles. The van der Waals surface area contributed by atoms with Crippen LogP contribution in [0.25, 0.3) is 0 Å². The molecule has 0 bridgehead atoms. The first-order valence-electron chi connectivity index (χ1n) is 5.17. The Balaban J connectivity index is 3.25. The van der Waals surface area contributed by atoms with Crippen LogP contribution in [0.2, 0.25) is 0 Å². The smallest absolute Gasteiger partial charge is 0.462 e. The van der Waals surface area contributed by atoms with Crippen molar-refractivity contribution in [3.63, 3.8) is 0 Å². The Bertz CT molecular complexity index is 524. The highest BCUT2D eigenvalue weighted by Gasteiger charge is 2.33. The highest BCUT2D eigenvalue weighted by atomic mass is 19.4. The van der Waals surface area contributed by atoms with E-state index in [0.717, 1.165) is 0 Å². The molecule has 1 aromatic heterocycles. The van der Waals surface area contributed by atoms with Crippen molar-refractivity contribution >= 4 is 5.97 Å². The standard InChI is InChI=1S/C10H11F3N2O4/c1-2-18-9(17)5-3-7(19-10(11,12)13)8(16)15-6(5)4-14/h3H,2,4,14H2,1H3,(H,15,16). The Morgan fingerprint density at radius 2 is 2.11 bits per heavy atom. The molecule has 0 unspecified atom stereocenters. The number of carbonyl (C=O) groups excluding carboxylic acids is 1. The number of halogens is 3. The van der Waals surface area contributed by atoms with Gasteiger partial charge in [-0.3, -0.25) is 4.79 Å². The van der Waals surface area contributed by atoms with E-state index >= 15 is 0 Å². The van der Waals surface area contributed by atoms with Gasteiger partial charge >= 0.3 is 12.3 Å². The van der Waals surface area contributed by atoms with E-state index in [1.807, 2.05) is 4.98 Å². The van der Waals surface area contributed by atoms with Gasteiger partial charge in [-0.15, -0.1) is 13.2 Å². The van der Waals surface area contributed by atoms with Crippen LogP contribution in [0.1, 0.15) is 23.0 Å². The summed E-state index contributed by atoms with van der Waals surface area (Å²) < 4.78 is 44.4. The average Bonchev–Trinajstić information content (AvgIpc) is 2.29. The molecular weight excluding hydrogens is 269 g/mol. The van der Waals surface area contributed by atoms with Gasteiger partial charge in [0.25, 0.3) is 5.56 Å². The van der Waals surface area contributed by atoms with Gasteiger partial charge in [-0.25, -0.2) is 4.79 Å². The lowest BCUT2D eigenvalue weighted by Crippen LogP contribution is -2.25. The number of aromatic amines is 1. The number of nitrogens with one attached hydrogen (secondary N) is 1. The number of aromatic nitrogens is 1. The molecule has 0 saturated heterocycles. The van der Waals surface area contributed by atoms with Crippen molar-refractivity contribution in [2.45, 2.75) is 19.8 Å². The first kappa shape index (κ1) is 15.0. The van der Waals surface area contributed by atoms with Crippen molar-refractivity contribution in [1.82, 2.24) is 4.98 Å². The van der Waals surface area contributed by atoms with Gasteiger partial charge in [-0.2, -0.15) is 0 Å². The van der Waals surface area contributed by atoms with E-state index in [9.17, 15) is 22.8 Å². The van der Waals surface area contributed by atoms with E-state index in [-0.39, 0.29) is 24.4 Å². The quantitative estimate of drug-likeness (QED) is 0.799. The minimum atomic E-state index is -5.04. The monoisotopic (exact) mass is 280 g/mol. The Hall–Kier alpha value is -2.03. The summed E-state index contributed by atoms with van der Waals surface area (Å²) in [7, 11) is 0. The van der Waals surface area contributed by atoms with Crippen molar-refractivity contribution < 1.29 is 27.4 Å². The zero-order valence-corrected chi connectivity index (χ0v) is 9.84. The topological polar surface area (TPSA) is 94.4 Å². The number of H-pyrrole nitrogens is 1. The summed E-state index contributed by atoms with van der Waals surface area (Å²) in [6.45, 7) is 1.31. The predicted octanol–water partition coefficient (Wildman–Crippen LogP) is 0.909. The van der Waals surface area contributed by atoms with E-state index < -0.39 is 23.6 Å². The maximum atomic E-state index is 12.1. The summed E-state index contributed by atoms with van der Waals surface area (Å²) >= 11 is 0. The van der Waals surface area contributed by atoms with Gasteiger partial charge in [-0.1, -0.05) is 0 Å². The van der Waals surface area contributed by atoms with Crippen LogP contribution in [0.3, 0.4) is 0 Å². The number of ether oxygens (including phenoxy) is 2. The fourth-order valence-corrected chi connectivity index (χ4v) is 1.30. The second-order valence-corrected chi connectivity index (χ2v) is 3.33. The Labute approximate surface area is 105 Å². The molecule has 0 saturated carbocycles. The van der Waals surface area contributed by atoms with Gasteiger partial charge in [0, 0.05) is 18.3 Å². The van der Waals surface area contributed by atoms with Gasteiger partial charge in [0.15, 0.2) is 5.75 Å².